The number of piperidine rings is 1. The Kier molecular flexibility index (Phi) is 4.10. The molecule has 0 amide bonds. The molecule has 0 radical (unpaired) electrons. The van der Waals surface area contributed by atoms with Crippen molar-refractivity contribution in [3.63, 3.8) is 0 Å². The molecule has 0 aromatic carbocycles. The number of aryl methyl sites for hydroxylation is 2. The molecule has 1 atom stereocenters. The second-order valence-electron chi connectivity index (χ2n) is 5.01. The highest BCUT2D eigenvalue weighted by molar-refractivity contribution is 6.30. The van der Waals surface area contributed by atoms with Gasteiger partial charge in [-0.1, -0.05) is 24.9 Å². The molecular formula is C13H22ClN3. The lowest BCUT2D eigenvalue weighted by Crippen LogP contribution is -2.38. The van der Waals surface area contributed by atoms with Gasteiger partial charge in [0.05, 0.1) is 5.69 Å². The van der Waals surface area contributed by atoms with Gasteiger partial charge in [-0.2, -0.15) is 5.10 Å². The molecule has 0 spiro atoms. The molecule has 0 N–H and O–H groups in total. The fraction of sp³-hybridized carbons (Fsp3) is 0.769. The van der Waals surface area contributed by atoms with E-state index in [-0.39, 0.29) is 0 Å². The summed E-state index contributed by atoms with van der Waals surface area (Å²) < 4.78 is 1.77. The summed E-state index contributed by atoms with van der Waals surface area (Å²) in [5.41, 5.74) is 2.27. The molecule has 2 heterocycles. The van der Waals surface area contributed by atoms with E-state index in [0.29, 0.717) is 0 Å². The quantitative estimate of drug-likeness (QED) is 0.827. The van der Waals surface area contributed by atoms with Gasteiger partial charge in [-0.15, -0.1) is 0 Å². The van der Waals surface area contributed by atoms with Crippen LogP contribution in [0.25, 0.3) is 0 Å². The lowest BCUT2D eigenvalue weighted by Gasteiger charge is -2.35. The number of rotatable bonds is 3. The van der Waals surface area contributed by atoms with E-state index in [2.05, 4.69) is 16.9 Å². The summed E-state index contributed by atoms with van der Waals surface area (Å²) in [5, 5.41) is 5.18. The minimum absolute atomic E-state index is 0.722. The molecule has 0 saturated carbocycles. The second-order valence-corrected chi connectivity index (χ2v) is 5.36. The minimum Gasteiger partial charge on any atom is -0.296 e. The first kappa shape index (κ1) is 12.9. The van der Waals surface area contributed by atoms with Crippen molar-refractivity contribution in [2.75, 3.05) is 6.54 Å². The third kappa shape index (κ3) is 2.66. The normalized spacial score (nSPS) is 22.0. The van der Waals surface area contributed by atoms with Gasteiger partial charge in [0.2, 0.25) is 0 Å². The van der Waals surface area contributed by atoms with Crippen LogP contribution in [0.3, 0.4) is 0 Å². The summed E-state index contributed by atoms with van der Waals surface area (Å²) in [6, 6.07) is 0.722. The highest BCUT2D eigenvalue weighted by atomic mass is 35.5. The summed E-state index contributed by atoms with van der Waals surface area (Å²) >= 11 is 6.30. The first-order chi connectivity index (χ1) is 8.13. The highest BCUT2D eigenvalue weighted by Gasteiger charge is 2.23. The van der Waals surface area contributed by atoms with E-state index >= 15 is 0 Å². The van der Waals surface area contributed by atoms with Gasteiger partial charge in [-0.25, -0.2) is 0 Å². The average molecular weight is 256 g/mol. The van der Waals surface area contributed by atoms with Crippen LogP contribution < -0.4 is 0 Å². The summed E-state index contributed by atoms with van der Waals surface area (Å²) in [6.07, 6.45) is 5.24. The molecule has 1 aromatic rings. The zero-order chi connectivity index (χ0) is 12.4. The third-order valence-electron chi connectivity index (χ3n) is 3.85. The molecule has 4 heteroatoms. The standard InChI is InChI=1S/C13H22ClN3/c1-4-11-7-5-6-8-17(11)9-12-10(2)15-16(3)13(12)14/h11H,4-9H2,1-3H3. The maximum Gasteiger partial charge on any atom is 0.131 e. The van der Waals surface area contributed by atoms with E-state index in [1.807, 2.05) is 14.0 Å². The number of halogens is 1. The monoisotopic (exact) mass is 255 g/mol. The molecule has 3 nitrogen and oxygen atoms in total. The summed E-state index contributed by atoms with van der Waals surface area (Å²) in [5.74, 6) is 0. The van der Waals surface area contributed by atoms with Crippen molar-refractivity contribution in [2.45, 2.75) is 52.1 Å². The number of nitrogens with zero attached hydrogens (tertiary/aromatic N) is 3. The van der Waals surface area contributed by atoms with Gasteiger partial charge in [0.25, 0.3) is 0 Å². The first-order valence-corrected chi connectivity index (χ1v) is 6.93. The van der Waals surface area contributed by atoms with E-state index in [1.54, 1.807) is 4.68 Å². The van der Waals surface area contributed by atoms with Crippen molar-refractivity contribution in [1.29, 1.82) is 0 Å². The minimum atomic E-state index is 0.722. The van der Waals surface area contributed by atoms with Crippen molar-refractivity contribution in [3.05, 3.63) is 16.4 Å². The molecule has 1 aromatic heterocycles. The van der Waals surface area contributed by atoms with Gasteiger partial charge in [0.1, 0.15) is 5.15 Å². The molecule has 96 valence electrons. The topological polar surface area (TPSA) is 21.1 Å². The predicted molar refractivity (Wildman–Crippen MR) is 71.3 cm³/mol. The third-order valence-corrected chi connectivity index (χ3v) is 4.32. The van der Waals surface area contributed by atoms with Crippen molar-refractivity contribution in [2.24, 2.45) is 7.05 Å². The summed E-state index contributed by atoms with van der Waals surface area (Å²) in [6.45, 7) is 6.48. The lowest BCUT2D eigenvalue weighted by molar-refractivity contribution is 0.136. The maximum absolute atomic E-state index is 6.30. The Bertz CT molecular complexity index is 386. The Balaban J connectivity index is 2.13. The van der Waals surface area contributed by atoms with Crippen molar-refractivity contribution in [3.8, 4) is 0 Å². The zero-order valence-electron chi connectivity index (χ0n) is 11.0. The second kappa shape index (κ2) is 5.40. The molecular weight excluding hydrogens is 234 g/mol. The molecule has 0 bridgehead atoms. The van der Waals surface area contributed by atoms with Crippen molar-refractivity contribution in [1.82, 2.24) is 14.7 Å². The van der Waals surface area contributed by atoms with Crippen LogP contribution in [-0.2, 0) is 13.6 Å². The number of likely N-dealkylation sites (tertiary alicyclic amines) is 1. The van der Waals surface area contributed by atoms with Gasteiger partial charge in [0, 0.05) is 25.2 Å². The Morgan fingerprint density at radius 2 is 2.18 bits per heavy atom. The zero-order valence-corrected chi connectivity index (χ0v) is 11.8. The fourth-order valence-electron chi connectivity index (χ4n) is 2.79. The van der Waals surface area contributed by atoms with Gasteiger partial charge < -0.3 is 0 Å². The Morgan fingerprint density at radius 3 is 2.76 bits per heavy atom. The van der Waals surface area contributed by atoms with Crippen LogP contribution in [0.15, 0.2) is 0 Å². The molecule has 1 saturated heterocycles. The van der Waals surface area contributed by atoms with Gasteiger partial charge in [0.15, 0.2) is 0 Å². The van der Waals surface area contributed by atoms with Crippen LogP contribution >= 0.6 is 11.6 Å². The molecule has 17 heavy (non-hydrogen) atoms. The van der Waals surface area contributed by atoms with Crippen LogP contribution in [0.1, 0.15) is 43.9 Å². The maximum atomic E-state index is 6.30. The van der Waals surface area contributed by atoms with Crippen LogP contribution in [-0.4, -0.2) is 27.3 Å². The molecule has 1 aliphatic heterocycles. The molecule has 1 fully saturated rings. The largest absolute Gasteiger partial charge is 0.296 e. The van der Waals surface area contributed by atoms with Crippen LogP contribution in [0.5, 0.6) is 0 Å². The van der Waals surface area contributed by atoms with E-state index in [1.165, 1.54) is 37.8 Å². The van der Waals surface area contributed by atoms with Gasteiger partial charge >= 0.3 is 0 Å². The van der Waals surface area contributed by atoms with E-state index in [4.69, 9.17) is 11.6 Å². The van der Waals surface area contributed by atoms with E-state index in [0.717, 1.165) is 23.4 Å². The summed E-state index contributed by atoms with van der Waals surface area (Å²) in [7, 11) is 1.91. The van der Waals surface area contributed by atoms with Crippen LogP contribution in [0.4, 0.5) is 0 Å². The number of hydrogen-bond donors (Lipinski definition) is 0. The first-order valence-electron chi connectivity index (χ1n) is 6.55. The number of aromatic nitrogens is 2. The predicted octanol–water partition coefficient (Wildman–Crippen LogP) is 3.15. The van der Waals surface area contributed by atoms with Gasteiger partial charge in [-0.05, 0) is 32.7 Å². The SMILES string of the molecule is CCC1CCCCN1Cc1c(C)nn(C)c1Cl. The fourth-order valence-corrected chi connectivity index (χ4v) is 3.02. The Labute approximate surface area is 109 Å². The van der Waals surface area contributed by atoms with Gasteiger partial charge in [-0.3, -0.25) is 9.58 Å². The van der Waals surface area contributed by atoms with Crippen LogP contribution in [0.2, 0.25) is 5.15 Å². The Morgan fingerprint density at radius 1 is 1.41 bits per heavy atom. The highest BCUT2D eigenvalue weighted by Crippen LogP contribution is 2.26. The molecule has 1 aliphatic rings. The molecule has 0 aliphatic carbocycles. The van der Waals surface area contributed by atoms with E-state index < -0.39 is 0 Å². The smallest absolute Gasteiger partial charge is 0.131 e. The average Bonchev–Trinajstić information content (AvgIpc) is 2.57. The summed E-state index contributed by atoms with van der Waals surface area (Å²) in [4.78, 5) is 2.57. The van der Waals surface area contributed by atoms with Crippen LogP contribution in [0, 0.1) is 6.92 Å². The number of hydrogen-bond acceptors (Lipinski definition) is 2. The van der Waals surface area contributed by atoms with Crippen molar-refractivity contribution < 1.29 is 0 Å². The molecule has 1 unspecified atom stereocenters. The molecule has 2 rings (SSSR count). The van der Waals surface area contributed by atoms with Crippen molar-refractivity contribution >= 4 is 11.6 Å². The van der Waals surface area contributed by atoms with E-state index in [9.17, 15) is 0 Å². The Hall–Kier alpha value is -0.540. The lowest BCUT2D eigenvalue weighted by atomic mass is 9.99.